The van der Waals surface area contributed by atoms with E-state index >= 15 is 0 Å². The van der Waals surface area contributed by atoms with Crippen LogP contribution in [-0.4, -0.2) is 41.5 Å². The van der Waals surface area contributed by atoms with Gasteiger partial charge in [0, 0.05) is 25.6 Å². The van der Waals surface area contributed by atoms with Gasteiger partial charge in [-0.2, -0.15) is 0 Å². The number of fused-ring (bicyclic) bond motifs is 1. The van der Waals surface area contributed by atoms with Crippen LogP contribution in [0.5, 0.6) is 0 Å². The molecule has 7 nitrogen and oxygen atoms in total. The summed E-state index contributed by atoms with van der Waals surface area (Å²) in [6.07, 6.45) is 1.85. The molecule has 2 heterocycles. The first kappa shape index (κ1) is 16.3. The van der Waals surface area contributed by atoms with Crippen molar-refractivity contribution in [3.05, 3.63) is 34.3 Å². The lowest BCUT2D eigenvalue weighted by atomic mass is 10.0. The fraction of sp³-hybridized carbons (Fsp3) is 0.471. The van der Waals surface area contributed by atoms with E-state index in [1.807, 2.05) is 11.8 Å². The Balaban J connectivity index is 1.92. The van der Waals surface area contributed by atoms with Gasteiger partial charge in [-0.05, 0) is 31.0 Å². The van der Waals surface area contributed by atoms with Crippen molar-refractivity contribution in [3.63, 3.8) is 0 Å². The molecule has 0 spiro atoms. The SMILES string of the molecule is CCC(=O)N1CCC(n2c(=O)oc3ccc(C(=O)OC)cc32)CC1. The zero-order valence-electron chi connectivity index (χ0n) is 13.8. The summed E-state index contributed by atoms with van der Waals surface area (Å²) in [5.41, 5.74) is 1.40. The summed E-state index contributed by atoms with van der Waals surface area (Å²) in [5.74, 6) is -0.765. The molecular formula is C17H20N2O5. The smallest absolute Gasteiger partial charge is 0.420 e. The summed E-state index contributed by atoms with van der Waals surface area (Å²) in [6, 6.07) is 4.75. The predicted octanol–water partition coefficient (Wildman–Crippen LogP) is 1.95. The molecule has 3 rings (SSSR count). The molecule has 1 aliphatic rings. The molecule has 1 aromatic heterocycles. The van der Waals surface area contributed by atoms with Gasteiger partial charge in [0.15, 0.2) is 5.58 Å². The number of hydrogen-bond donors (Lipinski definition) is 0. The summed E-state index contributed by atoms with van der Waals surface area (Å²) in [5, 5.41) is 0. The molecular weight excluding hydrogens is 312 g/mol. The summed E-state index contributed by atoms with van der Waals surface area (Å²) < 4.78 is 11.6. The Morgan fingerprint density at radius 1 is 1.29 bits per heavy atom. The first-order valence-corrected chi connectivity index (χ1v) is 8.06. The van der Waals surface area contributed by atoms with Crippen LogP contribution in [0.25, 0.3) is 11.1 Å². The zero-order valence-corrected chi connectivity index (χ0v) is 13.8. The number of carbonyl (C=O) groups is 2. The lowest BCUT2D eigenvalue weighted by Crippen LogP contribution is -2.40. The molecule has 0 N–H and O–H groups in total. The van der Waals surface area contributed by atoms with Gasteiger partial charge in [0.1, 0.15) is 0 Å². The number of hydrogen-bond acceptors (Lipinski definition) is 5. The Labute approximate surface area is 138 Å². The van der Waals surface area contributed by atoms with E-state index in [2.05, 4.69) is 0 Å². The van der Waals surface area contributed by atoms with E-state index in [4.69, 9.17) is 9.15 Å². The predicted molar refractivity (Wildman–Crippen MR) is 87.0 cm³/mol. The standard InChI is InChI=1S/C17H20N2O5/c1-3-15(20)18-8-6-12(7-9-18)19-13-10-11(16(21)23-2)4-5-14(13)24-17(19)22/h4-5,10,12H,3,6-9H2,1-2H3. The number of nitrogens with zero attached hydrogens (tertiary/aromatic N) is 2. The van der Waals surface area contributed by atoms with Crippen LogP contribution in [0.4, 0.5) is 0 Å². The van der Waals surface area contributed by atoms with Crippen molar-refractivity contribution in [2.75, 3.05) is 20.2 Å². The van der Waals surface area contributed by atoms with E-state index < -0.39 is 11.7 Å². The Morgan fingerprint density at radius 3 is 2.62 bits per heavy atom. The summed E-state index contributed by atoms with van der Waals surface area (Å²) >= 11 is 0. The van der Waals surface area contributed by atoms with Crippen molar-refractivity contribution in [3.8, 4) is 0 Å². The Bertz CT molecular complexity index is 827. The van der Waals surface area contributed by atoms with Crippen LogP contribution in [0.15, 0.2) is 27.4 Å². The second-order valence-electron chi connectivity index (χ2n) is 5.88. The van der Waals surface area contributed by atoms with Gasteiger partial charge >= 0.3 is 11.7 Å². The molecule has 0 bridgehead atoms. The van der Waals surface area contributed by atoms with Crippen LogP contribution in [-0.2, 0) is 9.53 Å². The third-order valence-electron chi connectivity index (χ3n) is 4.52. The zero-order chi connectivity index (χ0) is 17.3. The minimum atomic E-state index is -0.458. The maximum atomic E-state index is 12.3. The highest BCUT2D eigenvalue weighted by atomic mass is 16.5. The van der Waals surface area contributed by atoms with E-state index in [0.29, 0.717) is 49.0 Å². The number of oxazole rings is 1. The average molecular weight is 332 g/mol. The van der Waals surface area contributed by atoms with Gasteiger partial charge in [0.05, 0.1) is 18.2 Å². The number of amides is 1. The van der Waals surface area contributed by atoms with Gasteiger partial charge in [0.2, 0.25) is 5.91 Å². The van der Waals surface area contributed by atoms with Crippen LogP contribution in [0.3, 0.4) is 0 Å². The Kier molecular flexibility index (Phi) is 4.42. The van der Waals surface area contributed by atoms with Crippen molar-refractivity contribution in [1.82, 2.24) is 9.47 Å². The number of piperidine rings is 1. The molecule has 128 valence electrons. The topological polar surface area (TPSA) is 81.8 Å². The molecule has 7 heteroatoms. The molecule has 0 unspecified atom stereocenters. The second-order valence-corrected chi connectivity index (χ2v) is 5.88. The maximum Gasteiger partial charge on any atom is 0.420 e. The normalized spacial score (nSPS) is 15.7. The number of methoxy groups -OCH3 is 1. The number of likely N-dealkylation sites (tertiary alicyclic amines) is 1. The van der Waals surface area contributed by atoms with E-state index in [1.54, 1.807) is 22.8 Å². The molecule has 1 aromatic carbocycles. The van der Waals surface area contributed by atoms with Crippen LogP contribution in [0.1, 0.15) is 42.6 Å². The summed E-state index contributed by atoms with van der Waals surface area (Å²) in [4.78, 5) is 37.6. The Hall–Kier alpha value is -2.57. The third kappa shape index (κ3) is 2.81. The van der Waals surface area contributed by atoms with Gasteiger partial charge in [-0.3, -0.25) is 9.36 Å². The lowest BCUT2D eigenvalue weighted by Gasteiger charge is -2.32. The second kappa shape index (κ2) is 6.51. The molecule has 2 aromatic rings. The molecule has 0 radical (unpaired) electrons. The highest BCUT2D eigenvalue weighted by molar-refractivity contribution is 5.93. The van der Waals surface area contributed by atoms with Crippen LogP contribution in [0.2, 0.25) is 0 Å². The van der Waals surface area contributed by atoms with Crippen molar-refractivity contribution >= 4 is 23.0 Å². The largest absolute Gasteiger partial charge is 0.465 e. The third-order valence-corrected chi connectivity index (χ3v) is 4.52. The maximum absolute atomic E-state index is 12.3. The summed E-state index contributed by atoms with van der Waals surface area (Å²) in [6.45, 7) is 3.08. The van der Waals surface area contributed by atoms with Crippen molar-refractivity contribution in [2.24, 2.45) is 0 Å². The minimum Gasteiger partial charge on any atom is -0.465 e. The number of esters is 1. The molecule has 1 saturated heterocycles. The molecule has 1 fully saturated rings. The monoisotopic (exact) mass is 332 g/mol. The van der Waals surface area contributed by atoms with Crippen LogP contribution < -0.4 is 5.76 Å². The van der Waals surface area contributed by atoms with Crippen molar-refractivity contribution in [1.29, 1.82) is 0 Å². The van der Waals surface area contributed by atoms with Crippen molar-refractivity contribution in [2.45, 2.75) is 32.2 Å². The van der Waals surface area contributed by atoms with E-state index in [0.717, 1.165) is 0 Å². The number of aromatic nitrogens is 1. The summed E-state index contributed by atoms with van der Waals surface area (Å²) in [7, 11) is 1.31. The van der Waals surface area contributed by atoms with E-state index in [1.165, 1.54) is 7.11 Å². The number of rotatable bonds is 3. The van der Waals surface area contributed by atoms with Gasteiger partial charge in [-0.1, -0.05) is 6.92 Å². The first-order chi connectivity index (χ1) is 11.5. The molecule has 0 aliphatic carbocycles. The molecule has 0 atom stereocenters. The number of benzene rings is 1. The van der Waals surface area contributed by atoms with Gasteiger partial charge in [-0.15, -0.1) is 0 Å². The molecule has 0 saturated carbocycles. The number of carbonyl (C=O) groups excluding carboxylic acids is 2. The first-order valence-electron chi connectivity index (χ1n) is 8.06. The highest BCUT2D eigenvalue weighted by Gasteiger charge is 2.26. The van der Waals surface area contributed by atoms with Gasteiger partial charge < -0.3 is 14.1 Å². The fourth-order valence-electron chi connectivity index (χ4n) is 3.22. The molecule has 24 heavy (non-hydrogen) atoms. The lowest BCUT2D eigenvalue weighted by molar-refractivity contribution is -0.132. The quantitative estimate of drug-likeness (QED) is 0.803. The van der Waals surface area contributed by atoms with Crippen LogP contribution >= 0.6 is 0 Å². The van der Waals surface area contributed by atoms with Crippen molar-refractivity contribution < 1.29 is 18.7 Å². The highest BCUT2D eigenvalue weighted by Crippen LogP contribution is 2.26. The minimum absolute atomic E-state index is 0.0486. The van der Waals surface area contributed by atoms with E-state index in [9.17, 15) is 14.4 Å². The van der Waals surface area contributed by atoms with Crippen LogP contribution in [0, 0.1) is 0 Å². The van der Waals surface area contributed by atoms with Gasteiger partial charge in [0.25, 0.3) is 0 Å². The molecule has 1 amide bonds. The number of ether oxygens (including phenoxy) is 1. The fourth-order valence-corrected chi connectivity index (χ4v) is 3.22. The Morgan fingerprint density at radius 2 is 2.00 bits per heavy atom. The van der Waals surface area contributed by atoms with E-state index in [-0.39, 0.29) is 11.9 Å². The average Bonchev–Trinajstić information content (AvgIpc) is 2.95. The van der Waals surface area contributed by atoms with Gasteiger partial charge in [-0.25, -0.2) is 9.59 Å². The molecule has 1 aliphatic heterocycles.